The van der Waals surface area contributed by atoms with Gasteiger partial charge in [-0.1, -0.05) is 6.07 Å². The largest absolute Gasteiger partial charge is 0.490 e. The number of halogens is 3. The Kier molecular flexibility index (Phi) is 7.66. The lowest BCUT2D eigenvalue weighted by Gasteiger charge is -2.29. The number of hydrogen-bond donors (Lipinski definition) is 2. The number of sulfonamides is 1. The molecule has 1 aromatic heterocycles. The summed E-state index contributed by atoms with van der Waals surface area (Å²) in [4.78, 5) is 27.4. The zero-order valence-electron chi connectivity index (χ0n) is 16.7. The van der Waals surface area contributed by atoms with Crippen molar-refractivity contribution < 1.29 is 41.4 Å². The molecule has 2 N–H and O–H groups in total. The summed E-state index contributed by atoms with van der Waals surface area (Å²) < 4.78 is 56.9. The fourth-order valence-electron chi connectivity index (χ4n) is 3.93. The van der Waals surface area contributed by atoms with Crippen LogP contribution in [0.3, 0.4) is 0 Å². The van der Waals surface area contributed by atoms with Crippen LogP contribution in [-0.2, 0) is 26.2 Å². The third kappa shape index (κ3) is 6.37. The normalized spacial score (nSPS) is 25.1. The summed E-state index contributed by atoms with van der Waals surface area (Å²) in [6, 6.07) is 5.75. The number of carboxylic acid groups (broad SMARTS) is 2. The van der Waals surface area contributed by atoms with Gasteiger partial charge in [-0.2, -0.15) is 13.2 Å². The Bertz CT molecular complexity index is 897. The van der Waals surface area contributed by atoms with Crippen molar-refractivity contribution in [1.29, 1.82) is 0 Å². The second-order valence-corrected chi connectivity index (χ2v) is 9.66. The summed E-state index contributed by atoms with van der Waals surface area (Å²) in [5, 5.41) is 17.0. The van der Waals surface area contributed by atoms with Crippen LogP contribution < -0.4 is 0 Å². The van der Waals surface area contributed by atoms with E-state index in [-0.39, 0.29) is 19.0 Å². The number of likely N-dealkylation sites (tertiary alicyclic amines) is 1. The number of hydrogen-bond acceptors (Lipinski definition) is 6. The Morgan fingerprint density at radius 1 is 1.26 bits per heavy atom. The minimum absolute atomic E-state index is 0.0866. The molecule has 0 bridgehead atoms. The fourth-order valence-corrected chi connectivity index (χ4v) is 4.85. The van der Waals surface area contributed by atoms with E-state index in [2.05, 4.69) is 9.88 Å². The second-order valence-electron chi connectivity index (χ2n) is 7.68. The predicted molar refractivity (Wildman–Crippen MR) is 102 cm³/mol. The van der Waals surface area contributed by atoms with Crippen molar-refractivity contribution in [3.8, 4) is 0 Å². The van der Waals surface area contributed by atoms with E-state index in [0.717, 1.165) is 24.9 Å². The average Bonchev–Trinajstić information content (AvgIpc) is 2.94. The molecule has 31 heavy (non-hydrogen) atoms. The molecule has 0 radical (unpaired) electrons. The lowest BCUT2D eigenvalue weighted by Crippen LogP contribution is -2.41. The SMILES string of the molecule is CS(=O)(=O)N1C[C@@H]2CN(Cc3ccccn3)CCC[C@]2(C(=O)O)C1.O=C(O)C(F)(F)F. The van der Waals surface area contributed by atoms with E-state index in [9.17, 15) is 31.5 Å². The maximum absolute atomic E-state index is 12.0. The molecular weight excluding hydrogens is 443 g/mol. The summed E-state index contributed by atoms with van der Waals surface area (Å²) >= 11 is 0. The van der Waals surface area contributed by atoms with Crippen LogP contribution in [0.5, 0.6) is 0 Å². The van der Waals surface area contributed by atoms with Crippen molar-refractivity contribution in [2.75, 3.05) is 32.4 Å². The van der Waals surface area contributed by atoms with Crippen molar-refractivity contribution in [3.63, 3.8) is 0 Å². The molecule has 3 heterocycles. The van der Waals surface area contributed by atoms with Crippen molar-refractivity contribution in [2.24, 2.45) is 11.3 Å². The van der Waals surface area contributed by atoms with E-state index in [1.165, 1.54) is 4.31 Å². The number of fused-ring (bicyclic) bond motifs is 1. The lowest BCUT2D eigenvalue weighted by atomic mass is 9.75. The van der Waals surface area contributed by atoms with Gasteiger partial charge in [-0.25, -0.2) is 17.5 Å². The van der Waals surface area contributed by atoms with Gasteiger partial charge in [0, 0.05) is 38.3 Å². The molecule has 0 aromatic carbocycles. The number of pyridine rings is 1. The van der Waals surface area contributed by atoms with Crippen LogP contribution in [0.2, 0.25) is 0 Å². The van der Waals surface area contributed by atoms with Gasteiger partial charge >= 0.3 is 18.1 Å². The van der Waals surface area contributed by atoms with Gasteiger partial charge in [0.25, 0.3) is 0 Å². The van der Waals surface area contributed by atoms with E-state index >= 15 is 0 Å². The highest BCUT2D eigenvalue weighted by Gasteiger charge is 2.55. The van der Waals surface area contributed by atoms with Crippen molar-refractivity contribution in [1.82, 2.24) is 14.2 Å². The molecule has 2 atom stereocenters. The molecule has 174 valence electrons. The molecule has 0 aliphatic carbocycles. The van der Waals surface area contributed by atoms with Gasteiger partial charge in [0.1, 0.15) is 0 Å². The highest BCUT2D eigenvalue weighted by molar-refractivity contribution is 7.88. The van der Waals surface area contributed by atoms with Crippen molar-refractivity contribution in [2.45, 2.75) is 25.6 Å². The molecule has 1 aromatic rings. The monoisotopic (exact) mass is 467 g/mol. The average molecular weight is 467 g/mol. The quantitative estimate of drug-likeness (QED) is 0.678. The standard InChI is InChI=1S/C16H23N3O4S.C2HF3O2/c1-24(22,23)19-10-13-9-18(11-14-5-2-3-7-17-14)8-4-6-16(13,12-19)15(20)21;3-2(4,5)1(6)7/h2-3,5,7,13H,4,6,8-12H2,1H3,(H,20,21);(H,6,7)/t13-,16-;/m0./s1. The van der Waals surface area contributed by atoms with Gasteiger partial charge in [0.05, 0.1) is 17.4 Å². The summed E-state index contributed by atoms with van der Waals surface area (Å²) in [6.07, 6.45) is -0.931. The maximum Gasteiger partial charge on any atom is 0.490 e. The Labute approximate surface area is 177 Å². The van der Waals surface area contributed by atoms with Crippen LogP contribution >= 0.6 is 0 Å². The minimum atomic E-state index is -5.08. The van der Waals surface area contributed by atoms with E-state index in [0.29, 0.717) is 19.5 Å². The predicted octanol–water partition coefficient (Wildman–Crippen LogP) is 1.27. The molecule has 2 fully saturated rings. The number of rotatable bonds is 4. The summed E-state index contributed by atoms with van der Waals surface area (Å²) in [7, 11) is -3.38. The lowest BCUT2D eigenvalue weighted by molar-refractivity contribution is -0.192. The van der Waals surface area contributed by atoms with Crippen LogP contribution in [0.15, 0.2) is 24.4 Å². The topological polar surface area (TPSA) is 128 Å². The molecule has 9 nitrogen and oxygen atoms in total. The molecule has 13 heteroatoms. The first kappa shape index (κ1) is 25.0. The molecule has 2 aliphatic heterocycles. The molecule has 0 unspecified atom stereocenters. The van der Waals surface area contributed by atoms with Gasteiger partial charge in [-0.05, 0) is 31.5 Å². The Hall–Kier alpha value is -2.25. The van der Waals surface area contributed by atoms with E-state index < -0.39 is 33.6 Å². The molecule has 2 saturated heterocycles. The Morgan fingerprint density at radius 2 is 1.90 bits per heavy atom. The number of aliphatic carboxylic acids is 2. The molecule has 3 rings (SSSR count). The highest BCUT2D eigenvalue weighted by atomic mass is 32.2. The maximum atomic E-state index is 12.0. The number of alkyl halides is 3. The summed E-state index contributed by atoms with van der Waals surface area (Å²) in [5.74, 6) is -3.83. The van der Waals surface area contributed by atoms with E-state index in [4.69, 9.17) is 9.90 Å². The highest BCUT2D eigenvalue weighted by Crippen LogP contribution is 2.43. The Morgan fingerprint density at radius 3 is 2.39 bits per heavy atom. The zero-order chi connectivity index (χ0) is 23.4. The number of aromatic nitrogens is 1. The zero-order valence-corrected chi connectivity index (χ0v) is 17.6. The van der Waals surface area contributed by atoms with E-state index in [1.807, 2.05) is 18.2 Å². The fraction of sp³-hybridized carbons (Fsp3) is 0.611. The minimum Gasteiger partial charge on any atom is -0.481 e. The molecular formula is C18H24F3N3O6S. The molecule has 0 spiro atoms. The Balaban J connectivity index is 0.000000423. The van der Waals surface area contributed by atoms with Gasteiger partial charge in [0.2, 0.25) is 10.0 Å². The first-order chi connectivity index (χ1) is 14.3. The van der Waals surface area contributed by atoms with E-state index in [1.54, 1.807) is 6.20 Å². The molecule has 2 aliphatic rings. The third-order valence-corrected chi connectivity index (χ3v) is 6.71. The van der Waals surface area contributed by atoms with Crippen molar-refractivity contribution >= 4 is 22.0 Å². The third-order valence-electron chi connectivity index (χ3n) is 5.49. The van der Waals surface area contributed by atoms with Gasteiger partial charge in [-0.15, -0.1) is 0 Å². The molecule has 0 amide bonds. The van der Waals surface area contributed by atoms with Crippen LogP contribution in [-0.4, -0.2) is 83.4 Å². The van der Waals surface area contributed by atoms with Gasteiger partial charge in [-0.3, -0.25) is 14.7 Å². The van der Waals surface area contributed by atoms with Crippen LogP contribution in [0.1, 0.15) is 18.5 Å². The number of carbonyl (C=O) groups is 2. The number of carboxylic acids is 2. The van der Waals surface area contributed by atoms with Crippen LogP contribution in [0.4, 0.5) is 13.2 Å². The smallest absolute Gasteiger partial charge is 0.481 e. The van der Waals surface area contributed by atoms with Gasteiger partial charge < -0.3 is 10.2 Å². The summed E-state index contributed by atoms with van der Waals surface area (Å²) in [5.41, 5.74) is -0.0274. The van der Waals surface area contributed by atoms with Crippen LogP contribution in [0, 0.1) is 11.3 Å². The number of nitrogens with zero attached hydrogens (tertiary/aromatic N) is 3. The first-order valence-corrected chi connectivity index (χ1v) is 11.2. The van der Waals surface area contributed by atoms with Gasteiger partial charge in [0.15, 0.2) is 0 Å². The first-order valence-electron chi connectivity index (χ1n) is 9.36. The van der Waals surface area contributed by atoms with Crippen LogP contribution in [0.25, 0.3) is 0 Å². The van der Waals surface area contributed by atoms with Crippen molar-refractivity contribution in [3.05, 3.63) is 30.1 Å². The summed E-state index contributed by atoms with van der Waals surface area (Å²) in [6.45, 7) is 2.41. The second kappa shape index (κ2) is 9.49. The molecule has 0 saturated carbocycles.